The van der Waals surface area contributed by atoms with Crippen LogP contribution in [0.25, 0.3) is 10.9 Å². The fourth-order valence-corrected chi connectivity index (χ4v) is 4.20. The SMILES string of the molecule is COc1ccc(NC(=O)CSc2nc3ccccc3c(=O)n2Cc2cccnc2)cc1Cl. The fraction of sp³-hybridized carbons (Fsp3) is 0.130. The molecule has 0 radical (unpaired) electrons. The van der Waals surface area contributed by atoms with E-state index in [9.17, 15) is 9.59 Å². The summed E-state index contributed by atoms with van der Waals surface area (Å²) in [6, 6.07) is 15.9. The molecular weight excluding hydrogens is 448 g/mol. The normalized spacial score (nSPS) is 10.8. The zero-order valence-electron chi connectivity index (χ0n) is 17.1. The minimum Gasteiger partial charge on any atom is -0.495 e. The van der Waals surface area contributed by atoms with Crippen LogP contribution in [0.1, 0.15) is 5.56 Å². The summed E-state index contributed by atoms with van der Waals surface area (Å²) < 4.78 is 6.70. The van der Waals surface area contributed by atoms with Crippen LogP contribution in [0, 0.1) is 0 Å². The monoisotopic (exact) mass is 466 g/mol. The molecule has 0 atom stereocenters. The molecule has 0 aliphatic heterocycles. The van der Waals surface area contributed by atoms with E-state index in [4.69, 9.17) is 16.3 Å². The Bertz CT molecular complexity index is 1330. The number of rotatable bonds is 7. The average molecular weight is 467 g/mol. The van der Waals surface area contributed by atoms with E-state index in [1.807, 2.05) is 18.2 Å². The molecule has 0 saturated heterocycles. The van der Waals surface area contributed by atoms with Crippen LogP contribution >= 0.6 is 23.4 Å². The lowest BCUT2D eigenvalue weighted by molar-refractivity contribution is -0.113. The Morgan fingerprint density at radius 3 is 2.78 bits per heavy atom. The quantitative estimate of drug-likeness (QED) is 0.324. The molecule has 2 aromatic carbocycles. The molecule has 4 aromatic rings. The molecule has 0 fully saturated rings. The van der Waals surface area contributed by atoms with Crippen LogP contribution in [0.15, 0.2) is 76.9 Å². The molecule has 0 unspecified atom stereocenters. The van der Waals surface area contributed by atoms with Crippen molar-refractivity contribution in [2.75, 3.05) is 18.2 Å². The van der Waals surface area contributed by atoms with Gasteiger partial charge in [0, 0.05) is 18.1 Å². The number of amides is 1. The molecule has 4 rings (SSSR count). The number of carbonyl (C=O) groups is 1. The van der Waals surface area contributed by atoms with Gasteiger partial charge >= 0.3 is 0 Å². The summed E-state index contributed by atoms with van der Waals surface area (Å²) in [5, 5.41) is 4.19. The largest absolute Gasteiger partial charge is 0.495 e. The third kappa shape index (κ3) is 4.92. The summed E-state index contributed by atoms with van der Waals surface area (Å²) in [5.41, 5.74) is 1.85. The molecule has 1 amide bonds. The van der Waals surface area contributed by atoms with Crippen LogP contribution in [-0.2, 0) is 11.3 Å². The number of thioether (sulfide) groups is 1. The van der Waals surface area contributed by atoms with E-state index in [0.717, 1.165) is 5.56 Å². The highest BCUT2D eigenvalue weighted by molar-refractivity contribution is 7.99. The summed E-state index contributed by atoms with van der Waals surface area (Å²) in [7, 11) is 1.53. The molecule has 2 aromatic heterocycles. The van der Waals surface area contributed by atoms with Gasteiger partial charge in [0.25, 0.3) is 5.56 Å². The number of halogens is 1. The summed E-state index contributed by atoms with van der Waals surface area (Å²) >= 11 is 7.32. The molecular formula is C23H19ClN4O3S. The number of methoxy groups -OCH3 is 1. The Labute approximate surface area is 193 Å². The number of nitrogens with zero attached hydrogens (tertiary/aromatic N) is 3. The molecule has 1 N–H and O–H groups in total. The Balaban J connectivity index is 1.57. The molecule has 0 aliphatic carbocycles. The smallest absolute Gasteiger partial charge is 0.262 e. The molecule has 9 heteroatoms. The van der Waals surface area contributed by atoms with Crippen LogP contribution < -0.4 is 15.6 Å². The van der Waals surface area contributed by atoms with E-state index >= 15 is 0 Å². The number of aromatic nitrogens is 3. The zero-order chi connectivity index (χ0) is 22.5. The third-order valence-electron chi connectivity index (χ3n) is 4.66. The van der Waals surface area contributed by atoms with Gasteiger partial charge in [0.1, 0.15) is 5.75 Å². The average Bonchev–Trinajstić information content (AvgIpc) is 2.80. The summed E-state index contributed by atoms with van der Waals surface area (Å²) in [6.45, 7) is 0.308. The van der Waals surface area contributed by atoms with Crippen molar-refractivity contribution >= 4 is 45.9 Å². The zero-order valence-corrected chi connectivity index (χ0v) is 18.7. The van der Waals surface area contributed by atoms with Crippen molar-refractivity contribution in [3.05, 3.63) is 87.9 Å². The van der Waals surface area contributed by atoms with Crippen molar-refractivity contribution in [3.8, 4) is 5.75 Å². The van der Waals surface area contributed by atoms with Crippen molar-refractivity contribution in [1.82, 2.24) is 14.5 Å². The first-order valence-electron chi connectivity index (χ1n) is 9.70. The van der Waals surface area contributed by atoms with Crippen LogP contribution in [-0.4, -0.2) is 33.3 Å². The maximum absolute atomic E-state index is 13.1. The van der Waals surface area contributed by atoms with Gasteiger partial charge < -0.3 is 10.1 Å². The highest BCUT2D eigenvalue weighted by atomic mass is 35.5. The first-order chi connectivity index (χ1) is 15.5. The van der Waals surface area contributed by atoms with E-state index in [1.165, 1.54) is 18.9 Å². The molecule has 0 aliphatic rings. The first-order valence-corrected chi connectivity index (χ1v) is 11.1. The van der Waals surface area contributed by atoms with Crippen LogP contribution in [0.4, 0.5) is 5.69 Å². The van der Waals surface area contributed by atoms with Crippen molar-refractivity contribution in [2.45, 2.75) is 11.7 Å². The summed E-state index contributed by atoms with van der Waals surface area (Å²) in [6.07, 6.45) is 3.38. The van der Waals surface area contributed by atoms with Crippen LogP contribution in [0.5, 0.6) is 5.75 Å². The van der Waals surface area contributed by atoms with E-state index in [1.54, 1.807) is 53.4 Å². The Kier molecular flexibility index (Phi) is 6.72. The van der Waals surface area contributed by atoms with Gasteiger partial charge in [-0.15, -0.1) is 0 Å². The molecule has 7 nitrogen and oxygen atoms in total. The number of anilines is 1. The minimum atomic E-state index is -0.244. The molecule has 2 heterocycles. The van der Waals surface area contributed by atoms with Gasteiger partial charge in [0.15, 0.2) is 5.16 Å². The lowest BCUT2D eigenvalue weighted by Crippen LogP contribution is -2.25. The molecule has 0 saturated carbocycles. The van der Waals surface area contributed by atoms with Crippen LogP contribution in [0.2, 0.25) is 5.02 Å². The molecule has 0 bridgehead atoms. The highest BCUT2D eigenvalue weighted by Crippen LogP contribution is 2.27. The standard InChI is InChI=1S/C23H19ClN4O3S/c1-31-20-9-8-16(11-18(20)24)26-21(29)14-32-23-27-19-7-3-2-6-17(19)22(30)28(23)13-15-5-4-10-25-12-15/h2-12H,13-14H2,1H3,(H,26,29). The lowest BCUT2D eigenvalue weighted by atomic mass is 10.2. The van der Waals surface area contributed by atoms with Gasteiger partial charge in [0.05, 0.1) is 35.3 Å². The Morgan fingerprint density at radius 1 is 1.19 bits per heavy atom. The summed E-state index contributed by atoms with van der Waals surface area (Å²) in [4.78, 5) is 34.4. The predicted molar refractivity (Wildman–Crippen MR) is 127 cm³/mol. The van der Waals surface area contributed by atoms with Crippen molar-refractivity contribution < 1.29 is 9.53 Å². The van der Waals surface area contributed by atoms with E-state index in [2.05, 4.69) is 15.3 Å². The number of hydrogen-bond acceptors (Lipinski definition) is 6. The van der Waals surface area contributed by atoms with Gasteiger partial charge in [-0.1, -0.05) is 41.6 Å². The lowest BCUT2D eigenvalue weighted by Gasteiger charge is -2.13. The second-order valence-corrected chi connectivity index (χ2v) is 8.20. The number of benzene rings is 2. The van der Waals surface area contributed by atoms with Crippen molar-refractivity contribution in [3.63, 3.8) is 0 Å². The second-order valence-electron chi connectivity index (χ2n) is 6.85. The number of pyridine rings is 1. The van der Waals surface area contributed by atoms with Crippen molar-refractivity contribution in [1.29, 1.82) is 0 Å². The number of hydrogen-bond donors (Lipinski definition) is 1. The Morgan fingerprint density at radius 2 is 2.03 bits per heavy atom. The number of para-hydroxylation sites is 1. The fourth-order valence-electron chi connectivity index (χ4n) is 3.14. The van der Waals surface area contributed by atoms with E-state index in [0.29, 0.717) is 39.1 Å². The van der Waals surface area contributed by atoms with E-state index in [-0.39, 0.29) is 17.2 Å². The third-order valence-corrected chi connectivity index (χ3v) is 5.93. The van der Waals surface area contributed by atoms with Gasteiger partial charge in [0.2, 0.25) is 5.91 Å². The topological polar surface area (TPSA) is 86.1 Å². The number of nitrogens with one attached hydrogen (secondary N) is 1. The van der Waals surface area contributed by atoms with Gasteiger partial charge in [-0.25, -0.2) is 4.98 Å². The maximum atomic E-state index is 13.1. The predicted octanol–water partition coefficient (Wildman–Crippen LogP) is 4.23. The summed E-state index contributed by atoms with van der Waals surface area (Å²) in [5.74, 6) is 0.354. The minimum absolute atomic E-state index is 0.0709. The number of ether oxygens (including phenoxy) is 1. The molecule has 32 heavy (non-hydrogen) atoms. The van der Waals surface area contributed by atoms with Gasteiger partial charge in [-0.3, -0.25) is 19.1 Å². The Hall–Kier alpha value is -3.36. The van der Waals surface area contributed by atoms with Gasteiger partial charge in [-0.05, 0) is 42.0 Å². The van der Waals surface area contributed by atoms with Gasteiger partial charge in [-0.2, -0.15) is 0 Å². The van der Waals surface area contributed by atoms with Crippen molar-refractivity contribution in [2.24, 2.45) is 0 Å². The van der Waals surface area contributed by atoms with Crippen LogP contribution in [0.3, 0.4) is 0 Å². The first kappa shape index (κ1) is 21.9. The molecule has 162 valence electrons. The maximum Gasteiger partial charge on any atom is 0.262 e. The second kappa shape index (κ2) is 9.84. The number of carbonyl (C=O) groups excluding carboxylic acids is 1. The molecule has 0 spiro atoms. The van der Waals surface area contributed by atoms with E-state index < -0.39 is 0 Å². The number of fused-ring (bicyclic) bond motifs is 1. The highest BCUT2D eigenvalue weighted by Gasteiger charge is 2.14.